The van der Waals surface area contributed by atoms with Crippen LogP contribution in [-0.2, 0) is 19.9 Å². The number of anilines is 2. The molecule has 4 atom stereocenters. The number of nitrogens with zero attached hydrogens (tertiary/aromatic N) is 3. The summed E-state index contributed by atoms with van der Waals surface area (Å²) in [5, 5.41) is 14.9. The highest BCUT2D eigenvalue weighted by Gasteiger charge is 2.75. The first-order valence-corrected chi connectivity index (χ1v) is 11.7. The number of rotatable bonds is 3. The maximum atomic E-state index is 14.1. The highest BCUT2D eigenvalue weighted by atomic mass is 35.5. The van der Waals surface area contributed by atoms with Gasteiger partial charge in [0.1, 0.15) is 17.0 Å². The van der Waals surface area contributed by atoms with E-state index in [-0.39, 0.29) is 29.1 Å². The third kappa shape index (κ3) is 2.55. The first-order chi connectivity index (χ1) is 16.7. The van der Waals surface area contributed by atoms with Gasteiger partial charge < -0.3 is 10.1 Å². The molecule has 1 N–H and O–H groups in total. The molecule has 4 aliphatic heterocycles. The van der Waals surface area contributed by atoms with Crippen molar-refractivity contribution in [2.75, 3.05) is 23.9 Å². The van der Waals surface area contributed by atoms with Crippen LogP contribution in [0.25, 0.3) is 0 Å². The largest absolute Gasteiger partial charge is 0.495 e. The fourth-order valence-corrected chi connectivity index (χ4v) is 6.75. The quantitative estimate of drug-likeness (QED) is 0.393. The molecule has 0 saturated carbocycles. The number of amides is 3. The Morgan fingerprint density at radius 3 is 2.69 bits per heavy atom. The lowest BCUT2D eigenvalue weighted by atomic mass is 9.75. The summed E-state index contributed by atoms with van der Waals surface area (Å²) < 4.78 is 5.35. The van der Waals surface area contributed by atoms with E-state index in [2.05, 4.69) is 5.32 Å². The number of nitro groups is 1. The molecule has 35 heavy (non-hydrogen) atoms. The summed E-state index contributed by atoms with van der Waals surface area (Å²) in [5.41, 5.74) is 0.286. The average Bonchev–Trinajstić information content (AvgIpc) is 3.54. The van der Waals surface area contributed by atoms with Gasteiger partial charge in [0.25, 0.3) is 5.69 Å². The lowest BCUT2D eigenvalue weighted by Crippen LogP contribution is -2.54. The zero-order valence-corrected chi connectivity index (χ0v) is 19.7. The summed E-state index contributed by atoms with van der Waals surface area (Å²) in [5.74, 6) is -2.98. The van der Waals surface area contributed by atoms with E-state index in [1.807, 2.05) is 4.90 Å². The molecule has 3 fully saturated rings. The standard InChI is InChI=1S/C24H21ClN4O6/c1-11-14(25)7-6-13-20(11)26-23(32)24(13)19-18(15-4-3-9-27(15)24)21(30)28(22(19)31)16-10-12(29(33)34)5-8-17(16)35-2/h5-8,10,15,18-19H,3-4,9H2,1-2H3,(H,26,32)/t15-,18-,19-,24-/m1/s1. The number of halogens is 1. The number of benzene rings is 2. The molecule has 0 aliphatic carbocycles. The van der Waals surface area contributed by atoms with E-state index in [0.29, 0.717) is 34.8 Å². The summed E-state index contributed by atoms with van der Waals surface area (Å²) in [6.07, 6.45) is 1.45. The van der Waals surface area contributed by atoms with Gasteiger partial charge in [0.05, 0.1) is 29.6 Å². The number of non-ortho nitro benzene ring substituents is 1. The van der Waals surface area contributed by atoms with Crippen LogP contribution in [0, 0.1) is 28.9 Å². The van der Waals surface area contributed by atoms with Gasteiger partial charge in [0.2, 0.25) is 17.7 Å². The van der Waals surface area contributed by atoms with Crippen molar-refractivity contribution in [3.8, 4) is 5.75 Å². The Morgan fingerprint density at radius 2 is 1.97 bits per heavy atom. The molecule has 6 rings (SSSR count). The zero-order valence-electron chi connectivity index (χ0n) is 18.9. The molecular formula is C24H21ClN4O6. The molecule has 1 spiro atoms. The second kappa shape index (κ2) is 7.25. The number of hydrogen-bond acceptors (Lipinski definition) is 7. The van der Waals surface area contributed by atoms with Gasteiger partial charge >= 0.3 is 0 Å². The van der Waals surface area contributed by atoms with E-state index in [9.17, 15) is 24.5 Å². The number of hydrogen-bond donors (Lipinski definition) is 1. The van der Waals surface area contributed by atoms with Crippen LogP contribution in [0.2, 0.25) is 5.02 Å². The summed E-state index contributed by atoms with van der Waals surface area (Å²) in [6.45, 7) is 2.38. The maximum absolute atomic E-state index is 14.1. The van der Waals surface area contributed by atoms with Crippen LogP contribution in [0.15, 0.2) is 30.3 Å². The van der Waals surface area contributed by atoms with E-state index in [1.54, 1.807) is 19.1 Å². The monoisotopic (exact) mass is 496 g/mol. The Morgan fingerprint density at radius 1 is 1.20 bits per heavy atom. The van der Waals surface area contributed by atoms with Crippen molar-refractivity contribution in [3.05, 3.63) is 56.6 Å². The topological polar surface area (TPSA) is 122 Å². The molecule has 11 heteroatoms. The summed E-state index contributed by atoms with van der Waals surface area (Å²) in [4.78, 5) is 55.6. The van der Waals surface area contributed by atoms with Crippen LogP contribution in [0.3, 0.4) is 0 Å². The minimum absolute atomic E-state index is 0.0108. The van der Waals surface area contributed by atoms with Gasteiger partial charge in [-0.3, -0.25) is 29.4 Å². The predicted molar refractivity (Wildman–Crippen MR) is 125 cm³/mol. The number of carbonyl (C=O) groups excluding carboxylic acids is 3. The lowest BCUT2D eigenvalue weighted by Gasteiger charge is -2.36. The summed E-state index contributed by atoms with van der Waals surface area (Å²) >= 11 is 6.32. The van der Waals surface area contributed by atoms with Crippen molar-refractivity contribution in [3.63, 3.8) is 0 Å². The van der Waals surface area contributed by atoms with Crippen LogP contribution in [0.1, 0.15) is 24.0 Å². The molecule has 4 aliphatic rings. The van der Waals surface area contributed by atoms with Crippen LogP contribution < -0.4 is 15.0 Å². The minimum Gasteiger partial charge on any atom is -0.495 e. The van der Waals surface area contributed by atoms with Crippen LogP contribution in [-0.4, -0.2) is 47.2 Å². The molecule has 180 valence electrons. The SMILES string of the molecule is COc1ccc([N+](=O)[O-])cc1N1C(=O)[C@@H]2[C@H]3CCCN3[C@@]3(C(=O)Nc4c3ccc(Cl)c4C)[C@H]2C1=O. The van der Waals surface area contributed by atoms with Crippen molar-refractivity contribution >= 4 is 46.4 Å². The second-order valence-corrected chi connectivity index (χ2v) is 9.75. The second-order valence-electron chi connectivity index (χ2n) is 9.35. The van der Waals surface area contributed by atoms with E-state index in [0.717, 1.165) is 11.3 Å². The number of methoxy groups -OCH3 is 1. The first-order valence-electron chi connectivity index (χ1n) is 11.3. The van der Waals surface area contributed by atoms with Crippen molar-refractivity contribution in [2.45, 2.75) is 31.3 Å². The van der Waals surface area contributed by atoms with Crippen LogP contribution >= 0.6 is 11.6 Å². The highest BCUT2D eigenvalue weighted by Crippen LogP contribution is 2.61. The smallest absolute Gasteiger partial charge is 0.271 e. The predicted octanol–water partition coefficient (Wildman–Crippen LogP) is 3.00. The molecule has 4 heterocycles. The van der Waals surface area contributed by atoms with Gasteiger partial charge in [0, 0.05) is 28.8 Å². The number of fused-ring (bicyclic) bond motifs is 7. The summed E-state index contributed by atoms with van der Waals surface area (Å²) in [6, 6.07) is 6.94. The number of ether oxygens (including phenoxy) is 1. The van der Waals surface area contributed by atoms with Gasteiger partial charge in [-0.2, -0.15) is 0 Å². The van der Waals surface area contributed by atoms with E-state index >= 15 is 0 Å². The Hall–Kier alpha value is -3.50. The molecule has 3 saturated heterocycles. The van der Waals surface area contributed by atoms with Crippen molar-refractivity contribution in [2.24, 2.45) is 11.8 Å². The van der Waals surface area contributed by atoms with Crippen LogP contribution in [0.5, 0.6) is 5.75 Å². The lowest BCUT2D eigenvalue weighted by molar-refractivity contribution is -0.384. The molecule has 0 unspecified atom stereocenters. The summed E-state index contributed by atoms with van der Waals surface area (Å²) in [7, 11) is 1.36. The van der Waals surface area contributed by atoms with E-state index in [4.69, 9.17) is 16.3 Å². The highest BCUT2D eigenvalue weighted by molar-refractivity contribution is 6.32. The number of carbonyl (C=O) groups is 3. The fraction of sp³-hybridized carbons (Fsp3) is 0.375. The minimum atomic E-state index is -1.36. The molecule has 0 bridgehead atoms. The van der Waals surface area contributed by atoms with Crippen molar-refractivity contribution < 1.29 is 24.0 Å². The zero-order chi connectivity index (χ0) is 24.8. The van der Waals surface area contributed by atoms with Crippen molar-refractivity contribution in [1.29, 1.82) is 0 Å². The van der Waals surface area contributed by atoms with Gasteiger partial charge in [0.15, 0.2) is 0 Å². The van der Waals surface area contributed by atoms with Gasteiger partial charge in [-0.15, -0.1) is 0 Å². The van der Waals surface area contributed by atoms with Crippen LogP contribution in [0.4, 0.5) is 17.1 Å². The Balaban J connectivity index is 1.56. The van der Waals surface area contributed by atoms with Crippen molar-refractivity contribution in [1.82, 2.24) is 4.90 Å². The van der Waals surface area contributed by atoms with Gasteiger partial charge in [-0.25, -0.2) is 4.90 Å². The molecule has 0 aromatic heterocycles. The van der Waals surface area contributed by atoms with Gasteiger partial charge in [-0.05, 0) is 44.0 Å². The third-order valence-corrected chi connectivity index (χ3v) is 8.39. The molecule has 10 nitrogen and oxygen atoms in total. The fourth-order valence-electron chi connectivity index (χ4n) is 6.59. The Labute approximate surface area is 204 Å². The Bertz CT molecular complexity index is 1360. The number of imide groups is 1. The Kier molecular flexibility index (Phi) is 4.56. The average molecular weight is 497 g/mol. The van der Waals surface area contributed by atoms with E-state index in [1.165, 1.54) is 25.3 Å². The number of nitrogens with one attached hydrogen (secondary N) is 1. The molecular weight excluding hydrogens is 476 g/mol. The normalized spacial score (nSPS) is 28.9. The molecule has 2 aromatic rings. The maximum Gasteiger partial charge on any atom is 0.271 e. The molecule has 3 amide bonds. The number of nitro benzene ring substituents is 1. The van der Waals surface area contributed by atoms with E-state index < -0.39 is 34.1 Å². The molecule has 2 aromatic carbocycles. The molecule has 0 radical (unpaired) electrons. The first kappa shape index (κ1) is 22.0. The third-order valence-electron chi connectivity index (χ3n) is 7.98. The van der Waals surface area contributed by atoms with Gasteiger partial charge in [-0.1, -0.05) is 17.7 Å².